The molecule has 1 N–H and O–H groups in total. The van der Waals surface area contributed by atoms with Gasteiger partial charge in [0.1, 0.15) is 11.6 Å². The summed E-state index contributed by atoms with van der Waals surface area (Å²) < 4.78 is 18.5. The first-order valence-electron chi connectivity index (χ1n) is 6.43. The minimum atomic E-state index is -0.212. The van der Waals surface area contributed by atoms with Crippen LogP contribution in [0.4, 0.5) is 4.39 Å². The molecule has 0 amide bonds. The summed E-state index contributed by atoms with van der Waals surface area (Å²) in [4.78, 5) is 2.33. The van der Waals surface area contributed by atoms with Crippen molar-refractivity contribution in [3.05, 3.63) is 29.6 Å². The number of hydrogen-bond donors (Lipinski definition) is 1. The van der Waals surface area contributed by atoms with Crippen LogP contribution in [0.15, 0.2) is 18.2 Å². The molecule has 0 spiro atoms. The van der Waals surface area contributed by atoms with E-state index in [1.807, 2.05) is 0 Å². The Kier molecular flexibility index (Phi) is 4.55. The number of nitrogens with zero attached hydrogens (tertiary/aromatic N) is 1. The van der Waals surface area contributed by atoms with Crippen molar-refractivity contribution in [2.75, 3.05) is 27.2 Å². The summed E-state index contributed by atoms with van der Waals surface area (Å²) >= 11 is 0. The molecule has 0 saturated carbocycles. The highest BCUT2D eigenvalue weighted by Gasteiger charge is 2.16. The van der Waals surface area contributed by atoms with E-state index in [0.29, 0.717) is 12.6 Å². The number of rotatable bonds is 4. The van der Waals surface area contributed by atoms with Crippen LogP contribution in [0.1, 0.15) is 18.4 Å². The molecule has 0 atom stereocenters. The summed E-state index contributed by atoms with van der Waals surface area (Å²) in [5.74, 6) is 0.535. The molecule has 1 aliphatic heterocycles. The molecular formula is C14H21FN2O. The van der Waals surface area contributed by atoms with Crippen molar-refractivity contribution in [1.29, 1.82) is 0 Å². The Morgan fingerprint density at radius 2 is 2.11 bits per heavy atom. The molecule has 0 aromatic heterocycles. The summed E-state index contributed by atoms with van der Waals surface area (Å²) in [6.07, 6.45) is 2.29. The number of likely N-dealkylation sites (tertiary alicyclic amines) is 1. The molecule has 0 aliphatic carbocycles. The fourth-order valence-electron chi connectivity index (χ4n) is 2.35. The summed E-state index contributed by atoms with van der Waals surface area (Å²) in [6.45, 7) is 2.91. The molecule has 1 heterocycles. The molecular weight excluding hydrogens is 231 g/mol. The lowest BCUT2D eigenvalue weighted by Crippen LogP contribution is -2.40. The van der Waals surface area contributed by atoms with Crippen LogP contribution in [-0.2, 0) is 6.54 Å². The first kappa shape index (κ1) is 13.3. The molecule has 3 nitrogen and oxygen atoms in total. The fourth-order valence-corrected chi connectivity index (χ4v) is 2.35. The van der Waals surface area contributed by atoms with E-state index in [9.17, 15) is 4.39 Å². The average Bonchev–Trinajstić information content (AvgIpc) is 2.38. The van der Waals surface area contributed by atoms with Gasteiger partial charge in [0.2, 0.25) is 0 Å². The maximum absolute atomic E-state index is 13.2. The molecule has 0 bridgehead atoms. The Morgan fingerprint density at radius 3 is 2.78 bits per heavy atom. The Morgan fingerprint density at radius 1 is 1.39 bits per heavy atom. The van der Waals surface area contributed by atoms with Crippen molar-refractivity contribution in [3.8, 4) is 5.75 Å². The number of ether oxygens (including phenoxy) is 1. The van der Waals surface area contributed by atoms with E-state index >= 15 is 0 Å². The zero-order valence-corrected chi connectivity index (χ0v) is 11.1. The van der Waals surface area contributed by atoms with E-state index in [0.717, 1.165) is 37.2 Å². The van der Waals surface area contributed by atoms with Crippen LogP contribution in [0.3, 0.4) is 0 Å². The molecule has 2 rings (SSSR count). The van der Waals surface area contributed by atoms with Gasteiger partial charge >= 0.3 is 0 Å². The van der Waals surface area contributed by atoms with Crippen LogP contribution >= 0.6 is 0 Å². The highest BCUT2D eigenvalue weighted by Crippen LogP contribution is 2.19. The molecule has 100 valence electrons. The quantitative estimate of drug-likeness (QED) is 0.887. The van der Waals surface area contributed by atoms with Gasteiger partial charge in [-0.3, -0.25) is 0 Å². The maximum atomic E-state index is 13.2. The van der Waals surface area contributed by atoms with E-state index in [1.165, 1.54) is 6.07 Å². The molecule has 1 aromatic carbocycles. The van der Waals surface area contributed by atoms with Crippen molar-refractivity contribution >= 4 is 0 Å². The number of methoxy groups -OCH3 is 1. The summed E-state index contributed by atoms with van der Waals surface area (Å²) in [6, 6.07) is 5.17. The lowest BCUT2D eigenvalue weighted by molar-refractivity contribution is 0.233. The Balaban J connectivity index is 1.91. The Bertz CT molecular complexity index is 389. The zero-order valence-electron chi connectivity index (χ0n) is 11.1. The standard InChI is InChI=1S/C14H21FN2O/c1-17-7-5-13(6-8-17)16-10-11-9-12(15)3-4-14(11)18-2/h3-4,9,13,16H,5-8,10H2,1-2H3. The molecule has 4 heteroatoms. The Labute approximate surface area is 108 Å². The summed E-state index contributed by atoms with van der Waals surface area (Å²) in [5, 5.41) is 3.49. The molecule has 0 radical (unpaired) electrons. The molecule has 1 saturated heterocycles. The van der Waals surface area contributed by atoms with Gasteiger partial charge in [-0.1, -0.05) is 0 Å². The van der Waals surface area contributed by atoms with Gasteiger partial charge in [0, 0.05) is 18.2 Å². The third-order valence-corrected chi connectivity index (χ3v) is 3.54. The first-order chi connectivity index (χ1) is 8.69. The van der Waals surface area contributed by atoms with Crippen molar-refractivity contribution in [1.82, 2.24) is 10.2 Å². The fraction of sp³-hybridized carbons (Fsp3) is 0.571. The van der Waals surface area contributed by atoms with E-state index in [2.05, 4.69) is 17.3 Å². The minimum absolute atomic E-state index is 0.212. The van der Waals surface area contributed by atoms with Crippen LogP contribution in [0.25, 0.3) is 0 Å². The van der Waals surface area contributed by atoms with Crippen molar-refractivity contribution in [2.45, 2.75) is 25.4 Å². The van der Waals surface area contributed by atoms with Crippen molar-refractivity contribution in [3.63, 3.8) is 0 Å². The smallest absolute Gasteiger partial charge is 0.123 e. The van der Waals surface area contributed by atoms with E-state index in [4.69, 9.17) is 4.74 Å². The third-order valence-electron chi connectivity index (χ3n) is 3.54. The van der Waals surface area contributed by atoms with E-state index < -0.39 is 0 Å². The van der Waals surface area contributed by atoms with Crippen LogP contribution in [0, 0.1) is 5.82 Å². The van der Waals surface area contributed by atoms with Crippen molar-refractivity contribution in [2.24, 2.45) is 0 Å². The molecule has 18 heavy (non-hydrogen) atoms. The molecule has 1 fully saturated rings. The predicted molar refractivity (Wildman–Crippen MR) is 70.3 cm³/mol. The van der Waals surface area contributed by atoms with Crippen LogP contribution in [0.2, 0.25) is 0 Å². The van der Waals surface area contributed by atoms with Gasteiger partial charge in [-0.25, -0.2) is 4.39 Å². The SMILES string of the molecule is COc1ccc(F)cc1CNC1CCN(C)CC1. The van der Waals surface area contributed by atoms with Crippen LogP contribution < -0.4 is 10.1 Å². The maximum Gasteiger partial charge on any atom is 0.123 e. The van der Waals surface area contributed by atoms with E-state index in [-0.39, 0.29) is 5.82 Å². The molecule has 1 aromatic rings. The minimum Gasteiger partial charge on any atom is -0.496 e. The molecule has 0 unspecified atom stereocenters. The molecule has 1 aliphatic rings. The zero-order chi connectivity index (χ0) is 13.0. The second-order valence-corrected chi connectivity index (χ2v) is 4.91. The number of benzene rings is 1. The van der Waals surface area contributed by atoms with Crippen molar-refractivity contribution < 1.29 is 9.13 Å². The third kappa shape index (κ3) is 3.43. The summed E-state index contributed by atoms with van der Waals surface area (Å²) in [7, 11) is 3.76. The number of halogens is 1. The first-order valence-corrected chi connectivity index (χ1v) is 6.43. The van der Waals surface area contributed by atoms with Crippen LogP contribution in [-0.4, -0.2) is 38.2 Å². The second-order valence-electron chi connectivity index (χ2n) is 4.91. The monoisotopic (exact) mass is 252 g/mol. The van der Waals surface area contributed by atoms with Gasteiger partial charge in [0.25, 0.3) is 0 Å². The lowest BCUT2D eigenvalue weighted by atomic mass is 10.0. The van der Waals surface area contributed by atoms with Gasteiger partial charge in [-0.15, -0.1) is 0 Å². The van der Waals surface area contributed by atoms with Gasteiger partial charge in [-0.2, -0.15) is 0 Å². The van der Waals surface area contributed by atoms with Crippen LogP contribution in [0.5, 0.6) is 5.75 Å². The largest absolute Gasteiger partial charge is 0.496 e. The summed E-state index contributed by atoms with van der Waals surface area (Å²) in [5.41, 5.74) is 0.886. The van der Waals surface area contributed by atoms with Gasteiger partial charge in [0.15, 0.2) is 0 Å². The average molecular weight is 252 g/mol. The topological polar surface area (TPSA) is 24.5 Å². The van der Waals surface area contributed by atoms with Gasteiger partial charge in [0.05, 0.1) is 7.11 Å². The second kappa shape index (κ2) is 6.16. The lowest BCUT2D eigenvalue weighted by Gasteiger charge is -2.29. The highest BCUT2D eigenvalue weighted by molar-refractivity contribution is 5.33. The number of nitrogens with one attached hydrogen (secondary N) is 1. The highest BCUT2D eigenvalue weighted by atomic mass is 19.1. The Hall–Kier alpha value is -1.13. The van der Waals surface area contributed by atoms with E-state index in [1.54, 1.807) is 19.2 Å². The number of hydrogen-bond acceptors (Lipinski definition) is 3. The predicted octanol–water partition coefficient (Wildman–Crippen LogP) is 2.02. The van der Waals surface area contributed by atoms with Gasteiger partial charge < -0.3 is 15.0 Å². The normalized spacial score (nSPS) is 17.9. The number of piperidine rings is 1. The van der Waals surface area contributed by atoms with Gasteiger partial charge in [-0.05, 0) is 51.2 Å².